The molecule has 5 aliphatic rings. The molecule has 8 rings (SSSR count). The van der Waals surface area contributed by atoms with E-state index in [4.69, 9.17) is 16.3 Å². The molecule has 1 N–H and O–H groups in total. The molecule has 1 atom stereocenters. The van der Waals surface area contributed by atoms with Crippen molar-refractivity contribution in [1.29, 1.82) is 5.26 Å². The van der Waals surface area contributed by atoms with Crippen LogP contribution in [0, 0.1) is 39.9 Å². The van der Waals surface area contributed by atoms with Crippen LogP contribution >= 0.6 is 11.6 Å². The normalized spacial score (nSPS) is 25.6. The molecule has 3 aliphatic heterocycles. The van der Waals surface area contributed by atoms with Gasteiger partial charge in [0, 0.05) is 72.1 Å². The minimum Gasteiger partial charge on any atom is -0.489 e. The van der Waals surface area contributed by atoms with Crippen LogP contribution in [-0.2, 0) is 29.1 Å². The van der Waals surface area contributed by atoms with E-state index in [1.54, 1.807) is 18.2 Å². The second-order valence-electron chi connectivity index (χ2n) is 18.4. The molecule has 4 amide bonds. The smallest absolute Gasteiger partial charge is 0.262 e. The van der Waals surface area contributed by atoms with Crippen molar-refractivity contribution in [2.24, 2.45) is 16.7 Å². The number of carbonyl (C=O) groups excluding carboxylic acids is 5. The SMILES string of the molecule is CN(Cc1cc(C#CC2CCC(N3CCc4cc5c(cc4C3)C(=O)N(C3CCC(=O)NC3=O)C5=O)CC2)ccc1C=O)C1C(C)(C)C(Oc2ccc(C#N)c(Cl)c2)C1(C)C. The zero-order valence-electron chi connectivity index (χ0n) is 34.8. The average Bonchev–Trinajstić information content (AvgIpc) is 3.45. The molecule has 3 fully saturated rings. The van der Waals surface area contributed by atoms with Gasteiger partial charge in [0.25, 0.3) is 11.8 Å². The van der Waals surface area contributed by atoms with Crippen molar-refractivity contribution in [2.75, 3.05) is 13.6 Å². The Kier molecular flexibility index (Phi) is 11.0. The van der Waals surface area contributed by atoms with Crippen molar-refractivity contribution in [1.82, 2.24) is 20.0 Å². The van der Waals surface area contributed by atoms with Gasteiger partial charge in [-0.2, -0.15) is 5.26 Å². The molecule has 3 aromatic rings. The van der Waals surface area contributed by atoms with Crippen molar-refractivity contribution in [3.05, 3.63) is 98.1 Å². The van der Waals surface area contributed by atoms with Crippen molar-refractivity contribution < 1.29 is 28.7 Å². The first-order chi connectivity index (χ1) is 28.6. The van der Waals surface area contributed by atoms with E-state index >= 15 is 0 Å². The van der Waals surface area contributed by atoms with Crippen LogP contribution in [0.1, 0.15) is 125 Å². The summed E-state index contributed by atoms with van der Waals surface area (Å²) in [5.41, 5.74) is 5.21. The second kappa shape index (κ2) is 15.9. The third-order valence-corrected chi connectivity index (χ3v) is 14.0. The van der Waals surface area contributed by atoms with Gasteiger partial charge in [-0.1, -0.05) is 57.2 Å². The molecule has 0 spiro atoms. The molecular formula is C48H50ClN5O6. The van der Waals surface area contributed by atoms with E-state index in [1.807, 2.05) is 24.3 Å². The Morgan fingerprint density at radius 2 is 1.62 bits per heavy atom. The minimum absolute atomic E-state index is 0.0908. The maximum atomic E-state index is 13.5. The van der Waals surface area contributed by atoms with Gasteiger partial charge in [0.15, 0.2) is 0 Å². The van der Waals surface area contributed by atoms with E-state index in [0.29, 0.717) is 52.2 Å². The van der Waals surface area contributed by atoms with E-state index in [9.17, 15) is 29.2 Å². The summed E-state index contributed by atoms with van der Waals surface area (Å²) in [4.78, 5) is 69.0. The molecule has 310 valence electrons. The Hall–Kier alpha value is -5.33. The maximum Gasteiger partial charge on any atom is 0.262 e. The van der Waals surface area contributed by atoms with Crippen molar-refractivity contribution in [3.8, 4) is 23.7 Å². The molecule has 2 saturated carbocycles. The van der Waals surface area contributed by atoms with Crippen molar-refractivity contribution >= 4 is 41.5 Å². The third-order valence-electron chi connectivity index (χ3n) is 13.6. The molecule has 3 heterocycles. The number of imide groups is 2. The number of hydrogen-bond donors (Lipinski definition) is 1. The predicted molar refractivity (Wildman–Crippen MR) is 225 cm³/mol. The Morgan fingerprint density at radius 3 is 2.27 bits per heavy atom. The van der Waals surface area contributed by atoms with Gasteiger partial charge in [-0.3, -0.25) is 44.0 Å². The van der Waals surface area contributed by atoms with Gasteiger partial charge in [0.1, 0.15) is 30.3 Å². The molecule has 11 nitrogen and oxygen atoms in total. The lowest BCUT2D eigenvalue weighted by Crippen LogP contribution is -2.74. The monoisotopic (exact) mass is 827 g/mol. The van der Waals surface area contributed by atoms with Crippen LogP contribution in [0.5, 0.6) is 5.75 Å². The number of fused-ring (bicyclic) bond motifs is 2. The van der Waals surface area contributed by atoms with Gasteiger partial charge in [0.2, 0.25) is 11.8 Å². The molecule has 0 radical (unpaired) electrons. The molecule has 1 saturated heterocycles. The Bertz CT molecular complexity index is 2400. The van der Waals surface area contributed by atoms with Crippen molar-refractivity contribution in [3.63, 3.8) is 0 Å². The zero-order valence-corrected chi connectivity index (χ0v) is 35.5. The summed E-state index contributed by atoms with van der Waals surface area (Å²) in [7, 11) is 2.10. The summed E-state index contributed by atoms with van der Waals surface area (Å²) in [6.45, 7) is 10.9. The number of halogens is 1. The maximum absolute atomic E-state index is 13.5. The first kappa shape index (κ1) is 41.4. The first-order valence-electron chi connectivity index (χ1n) is 20.9. The fraction of sp³-hybridized carbons (Fsp3) is 0.458. The lowest BCUT2D eigenvalue weighted by molar-refractivity contribution is -0.206. The van der Waals surface area contributed by atoms with E-state index in [-0.39, 0.29) is 41.7 Å². The van der Waals surface area contributed by atoms with Crippen LogP contribution in [0.4, 0.5) is 0 Å². The standard InChI is InChI=1S/C48H50ClN5O6/c1-47(2)45(48(3,4)46(47)60-36-15-12-31(24-50)39(49)23-36)52(5)25-33-20-29(8-11-32(33)27-55)7-6-28-9-13-35(14-10-28)53-19-18-30-21-37-38(22-34(30)26-53)44(59)54(43(37)58)40-16-17-41(56)51-42(40)57/h8,11-12,15,20-23,27-28,35,40,45-46H,9-10,13-14,16-19,25-26H2,1-5H3,(H,51,56,57). The number of rotatable bonds is 8. The lowest BCUT2D eigenvalue weighted by Gasteiger charge is -2.65. The van der Waals surface area contributed by atoms with Gasteiger partial charge in [-0.25, -0.2) is 0 Å². The minimum atomic E-state index is -0.974. The number of benzene rings is 3. The van der Waals surface area contributed by atoms with Crippen LogP contribution in [0.3, 0.4) is 0 Å². The topological polar surface area (TPSA) is 140 Å². The number of carbonyl (C=O) groups is 5. The predicted octanol–water partition coefficient (Wildman–Crippen LogP) is 6.71. The fourth-order valence-corrected chi connectivity index (χ4v) is 11.5. The highest BCUT2D eigenvalue weighted by molar-refractivity contribution is 6.31. The van der Waals surface area contributed by atoms with E-state index in [1.165, 1.54) is 0 Å². The first-order valence-corrected chi connectivity index (χ1v) is 21.3. The third kappa shape index (κ3) is 7.42. The molecule has 60 heavy (non-hydrogen) atoms. The highest BCUT2D eigenvalue weighted by Crippen LogP contribution is 2.58. The molecule has 1 unspecified atom stereocenters. The summed E-state index contributed by atoms with van der Waals surface area (Å²) >= 11 is 6.31. The quantitative estimate of drug-likeness (QED) is 0.149. The Labute approximate surface area is 356 Å². The molecule has 0 aromatic heterocycles. The Morgan fingerprint density at radius 1 is 0.917 bits per heavy atom. The van der Waals surface area contributed by atoms with Crippen LogP contribution in [0.25, 0.3) is 0 Å². The largest absolute Gasteiger partial charge is 0.489 e. The van der Waals surface area contributed by atoms with Gasteiger partial charge in [-0.15, -0.1) is 0 Å². The highest BCUT2D eigenvalue weighted by atomic mass is 35.5. The Balaban J connectivity index is 0.878. The zero-order chi connectivity index (χ0) is 42.7. The summed E-state index contributed by atoms with van der Waals surface area (Å²) in [6.07, 6.45) is 5.78. The second-order valence-corrected chi connectivity index (χ2v) is 18.8. The molecule has 0 bridgehead atoms. The van der Waals surface area contributed by atoms with E-state index < -0.39 is 29.7 Å². The number of amides is 4. The number of hydrogen-bond acceptors (Lipinski definition) is 9. The van der Waals surface area contributed by atoms with E-state index in [0.717, 1.165) is 72.1 Å². The van der Waals surface area contributed by atoms with Gasteiger partial charge in [0.05, 0.1) is 21.7 Å². The lowest BCUT2D eigenvalue weighted by atomic mass is 9.49. The van der Waals surface area contributed by atoms with Gasteiger partial charge in [-0.05, 0) is 98.7 Å². The van der Waals surface area contributed by atoms with Crippen LogP contribution < -0.4 is 10.1 Å². The number of nitriles is 1. The molecule has 12 heteroatoms. The average molecular weight is 828 g/mol. The molecule has 3 aromatic carbocycles. The summed E-state index contributed by atoms with van der Waals surface area (Å²) in [5.74, 6) is 5.95. The number of aldehydes is 1. The van der Waals surface area contributed by atoms with Crippen LogP contribution in [0.15, 0.2) is 48.5 Å². The fourth-order valence-electron chi connectivity index (χ4n) is 11.3. The van der Waals surface area contributed by atoms with Crippen molar-refractivity contribution in [2.45, 2.75) is 110 Å². The molecular weight excluding hydrogens is 778 g/mol. The summed E-state index contributed by atoms with van der Waals surface area (Å²) in [6, 6.07) is 16.4. The highest BCUT2D eigenvalue weighted by Gasteiger charge is 2.64. The number of piperidine rings is 1. The van der Waals surface area contributed by atoms with Crippen LogP contribution in [-0.4, -0.2) is 82.4 Å². The van der Waals surface area contributed by atoms with Gasteiger partial charge >= 0.3 is 0 Å². The number of ether oxygens (including phenoxy) is 1. The number of nitrogens with one attached hydrogen (secondary N) is 1. The number of nitrogens with zero attached hydrogens (tertiary/aromatic N) is 4. The molecule has 2 aliphatic carbocycles. The van der Waals surface area contributed by atoms with E-state index in [2.05, 4.69) is 73.8 Å². The summed E-state index contributed by atoms with van der Waals surface area (Å²) in [5, 5.41) is 11.9. The van der Waals surface area contributed by atoms with Crippen LogP contribution in [0.2, 0.25) is 5.02 Å². The van der Waals surface area contributed by atoms with Gasteiger partial charge < -0.3 is 4.74 Å². The summed E-state index contributed by atoms with van der Waals surface area (Å²) < 4.78 is 6.51.